The average molecular weight is 253 g/mol. The zero-order valence-corrected chi connectivity index (χ0v) is 9.11. The zero-order chi connectivity index (χ0) is 6.97. The molecule has 0 aliphatic carbocycles. The Balaban J connectivity index is 2.88. The second kappa shape index (κ2) is 2.55. The van der Waals surface area contributed by atoms with Crippen LogP contribution in [-0.2, 0) is 0 Å². The van der Waals surface area contributed by atoms with Gasteiger partial charge in [0, 0.05) is 0 Å². The van der Waals surface area contributed by atoms with Crippen LogP contribution in [0.1, 0.15) is 0 Å². The van der Waals surface area contributed by atoms with E-state index in [1.54, 1.807) is 0 Å². The molecular weight excluding hydrogens is 248 g/mol. The van der Waals surface area contributed by atoms with Gasteiger partial charge in [-0.05, 0) is 0 Å². The predicted molar refractivity (Wildman–Crippen MR) is 46.6 cm³/mol. The number of benzene rings is 1. The van der Waals surface area contributed by atoms with Crippen LogP contribution < -0.4 is 3.44 Å². The Morgan fingerprint density at radius 3 is 2.90 bits per heavy atom. The topological polar surface area (TPSA) is 12.9 Å². The van der Waals surface area contributed by atoms with Gasteiger partial charge in [-0.25, -0.2) is 0 Å². The standard InChI is InChI=1S/C7H5NP.Sn/c1-2-4-7-6(3-1)8-5-9-7;/h1-4,9H;. The van der Waals surface area contributed by atoms with E-state index in [1.165, 1.54) is 36.6 Å². The third kappa shape index (κ3) is 1.08. The summed E-state index contributed by atoms with van der Waals surface area (Å²) >= 11 is 1.46. The second-order valence-electron chi connectivity index (χ2n) is 2.10. The molecule has 10 heavy (non-hydrogen) atoms. The average Bonchev–Trinajstić information content (AvgIpc) is 2.27. The van der Waals surface area contributed by atoms with Crippen LogP contribution in [0.2, 0.25) is 0 Å². The first-order valence-electron chi connectivity index (χ1n) is 3.02. The monoisotopic (exact) mass is 254 g/mol. The van der Waals surface area contributed by atoms with Crippen LogP contribution in [0.25, 0.3) is 10.6 Å². The number of fused-ring (bicyclic) bond motifs is 1. The second-order valence-corrected chi connectivity index (χ2v) is 6.14. The van der Waals surface area contributed by atoms with E-state index in [1.807, 2.05) is 6.07 Å². The fourth-order valence-electron chi connectivity index (χ4n) is 0.953. The van der Waals surface area contributed by atoms with Crippen LogP contribution in [-0.4, -0.2) is 27.5 Å². The van der Waals surface area contributed by atoms with Gasteiger partial charge in [-0.2, -0.15) is 0 Å². The maximum absolute atomic E-state index is 4.42. The quantitative estimate of drug-likeness (QED) is 0.639. The summed E-state index contributed by atoms with van der Waals surface area (Å²) < 4.78 is 1.34. The molecule has 2 rings (SSSR count). The predicted octanol–water partition coefficient (Wildman–Crippen LogP) is 1.06. The van der Waals surface area contributed by atoms with Crippen molar-refractivity contribution < 1.29 is 0 Å². The van der Waals surface area contributed by atoms with E-state index < -0.39 is 0 Å². The minimum atomic E-state index is 0.843. The van der Waals surface area contributed by atoms with Gasteiger partial charge in [-0.15, -0.1) is 0 Å². The Morgan fingerprint density at radius 1 is 1.30 bits per heavy atom. The normalized spacial score (nSPS) is 11.3. The summed E-state index contributed by atoms with van der Waals surface area (Å²) in [6.07, 6.45) is 0. The Bertz CT molecular complexity index is 322. The fourth-order valence-corrected chi connectivity index (χ4v) is 3.33. The van der Waals surface area contributed by atoms with Crippen LogP contribution in [0.3, 0.4) is 0 Å². The van der Waals surface area contributed by atoms with E-state index in [2.05, 4.69) is 23.2 Å². The summed E-state index contributed by atoms with van der Waals surface area (Å²) in [6.45, 7) is 0. The molecule has 0 fully saturated rings. The third-order valence-electron chi connectivity index (χ3n) is 1.39. The summed E-state index contributed by atoms with van der Waals surface area (Å²) in [5.41, 5.74) is 1.19. The van der Waals surface area contributed by atoms with Crippen molar-refractivity contribution in [1.29, 1.82) is 0 Å². The molecule has 0 amide bonds. The van der Waals surface area contributed by atoms with Crippen molar-refractivity contribution in [3.05, 3.63) is 24.3 Å². The van der Waals surface area contributed by atoms with Gasteiger partial charge < -0.3 is 0 Å². The Labute approximate surface area is 74.0 Å². The summed E-state index contributed by atoms with van der Waals surface area (Å²) in [5.74, 6) is 0. The SMILES string of the molecule is [Sn][c]1nc2ccccc2[pH]1. The van der Waals surface area contributed by atoms with Gasteiger partial charge >= 0.3 is 74.0 Å². The Hall–Kier alpha value is -0.0113. The molecule has 1 unspecified atom stereocenters. The summed E-state index contributed by atoms with van der Waals surface area (Å²) in [7, 11) is 0.843. The Kier molecular flexibility index (Phi) is 1.71. The molecule has 0 saturated heterocycles. The van der Waals surface area contributed by atoms with Crippen LogP contribution in [0.15, 0.2) is 24.3 Å². The molecular formula is C7H5NPSn. The number of rotatable bonds is 0. The van der Waals surface area contributed by atoms with Crippen molar-refractivity contribution in [2.45, 2.75) is 0 Å². The number of aromatic nitrogens is 1. The van der Waals surface area contributed by atoms with E-state index in [0.717, 1.165) is 8.19 Å². The van der Waals surface area contributed by atoms with Crippen LogP contribution >= 0.6 is 8.19 Å². The van der Waals surface area contributed by atoms with Crippen molar-refractivity contribution in [1.82, 2.24) is 4.98 Å². The molecule has 0 N–H and O–H groups in total. The van der Waals surface area contributed by atoms with Crippen molar-refractivity contribution >= 4 is 44.8 Å². The van der Waals surface area contributed by atoms with E-state index in [4.69, 9.17) is 0 Å². The van der Waals surface area contributed by atoms with E-state index >= 15 is 0 Å². The van der Waals surface area contributed by atoms with Gasteiger partial charge in [-0.1, -0.05) is 0 Å². The molecule has 1 aromatic heterocycles. The minimum absolute atomic E-state index is 0.843. The van der Waals surface area contributed by atoms with Gasteiger partial charge in [-0.3, -0.25) is 0 Å². The molecule has 1 nitrogen and oxygen atoms in total. The molecule has 0 bridgehead atoms. The molecule has 1 aromatic carbocycles. The molecule has 1 atom stereocenters. The third-order valence-corrected chi connectivity index (χ3v) is 3.82. The van der Waals surface area contributed by atoms with E-state index in [0.29, 0.717) is 0 Å². The molecule has 0 aliphatic heterocycles. The summed E-state index contributed by atoms with van der Waals surface area (Å²) in [6, 6.07) is 8.37. The molecule has 0 spiro atoms. The van der Waals surface area contributed by atoms with E-state index in [-0.39, 0.29) is 0 Å². The number of hydrogen-bond donors (Lipinski definition) is 0. The first-order valence-corrected chi connectivity index (χ1v) is 5.45. The van der Waals surface area contributed by atoms with Crippen molar-refractivity contribution in [3.63, 3.8) is 0 Å². The molecule has 47 valence electrons. The number of nitrogens with zero attached hydrogens (tertiary/aromatic N) is 1. The fraction of sp³-hybridized carbons (Fsp3) is 0. The van der Waals surface area contributed by atoms with Crippen molar-refractivity contribution in [2.75, 3.05) is 0 Å². The molecule has 3 heteroatoms. The zero-order valence-electron chi connectivity index (χ0n) is 5.26. The first kappa shape index (κ1) is 6.68. The summed E-state index contributed by atoms with van der Waals surface area (Å²) in [4.78, 5) is 4.42. The van der Waals surface area contributed by atoms with Gasteiger partial charge in [0.15, 0.2) is 0 Å². The molecule has 0 saturated carbocycles. The molecule has 2 aromatic rings. The van der Waals surface area contributed by atoms with Crippen molar-refractivity contribution in [3.8, 4) is 0 Å². The van der Waals surface area contributed by atoms with Gasteiger partial charge in [0.1, 0.15) is 0 Å². The van der Waals surface area contributed by atoms with E-state index in [9.17, 15) is 0 Å². The van der Waals surface area contributed by atoms with Crippen molar-refractivity contribution in [2.24, 2.45) is 0 Å². The van der Waals surface area contributed by atoms with Crippen LogP contribution in [0, 0.1) is 0 Å². The first-order chi connectivity index (χ1) is 4.86. The Morgan fingerprint density at radius 2 is 2.10 bits per heavy atom. The molecule has 1 heterocycles. The van der Waals surface area contributed by atoms with Crippen LogP contribution in [0.5, 0.6) is 0 Å². The molecule has 3 radical (unpaired) electrons. The van der Waals surface area contributed by atoms with Gasteiger partial charge in [0.2, 0.25) is 0 Å². The molecule has 0 aliphatic rings. The summed E-state index contributed by atoms with van der Waals surface area (Å²) in [5, 5.41) is 1.41. The number of para-hydroxylation sites is 1. The van der Waals surface area contributed by atoms with Gasteiger partial charge in [0.05, 0.1) is 0 Å². The maximum atomic E-state index is 4.42. The van der Waals surface area contributed by atoms with Gasteiger partial charge in [0.25, 0.3) is 0 Å². The van der Waals surface area contributed by atoms with Crippen LogP contribution in [0.4, 0.5) is 0 Å². The number of hydrogen-bond acceptors (Lipinski definition) is 1.